The zero-order valence-corrected chi connectivity index (χ0v) is 11.7. The van der Waals surface area contributed by atoms with Crippen molar-refractivity contribution in [2.75, 3.05) is 13.2 Å². The van der Waals surface area contributed by atoms with Gasteiger partial charge < -0.3 is 36.2 Å². The fraction of sp³-hybridized carbons (Fsp3) is 0.833. The predicted octanol–water partition coefficient (Wildman–Crippen LogP) is -3.54. The predicted molar refractivity (Wildman–Crippen MR) is 69.8 cm³/mol. The van der Waals surface area contributed by atoms with Crippen molar-refractivity contribution in [1.29, 1.82) is 0 Å². The molecule has 0 bridgehead atoms. The monoisotopic (exact) mass is 306 g/mol. The topological polar surface area (TPSA) is 162 Å². The van der Waals surface area contributed by atoms with Crippen LogP contribution in [0.15, 0.2) is 0 Å². The summed E-state index contributed by atoms with van der Waals surface area (Å²) in [5.41, 5.74) is 5.00. The normalized spacial score (nSPS) is 32.2. The molecule has 0 saturated carbocycles. The van der Waals surface area contributed by atoms with Crippen LogP contribution in [0.3, 0.4) is 0 Å². The van der Waals surface area contributed by atoms with E-state index >= 15 is 0 Å². The Morgan fingerprint density at radius 1 is 1.38 bits per heavy atom. The van der Waals surface area contributed by atoms with Crippen LogP contribution >= 0.6 is 0 Å². The number of hydrogen-bond acceptors (Lipinski definition) is 7. The summed E-state index contributed by atoms with van der Waals surface area (Å²) in [4.78, 5) is 23.0. The summed E-state index contributed by atoms with van der Waals surface area (Å²) >= 11 is 0. The maximum absolute atomic E-state index is 12.0. The fourth-order valence-electron chi connectivity index (χ4n) is 2.18. The molecule has 1 saturated heterocycles. The van der Waals surface area contributed by atoms with E-state index in [9.17, 15) is 19.8 Å². The highest BCUT2D eigenvalue weighted by atomic mass is 16.5. The molecule has 0 aliphatic carbocycles. The highest BCUT2D eigenvalue weighted by Gasteiger charge is 2.42. The van der Waals surface area contributed by atoms with E-state index in [2.05, 4.69) is 5.32 Å². The molecule has 6 unspecified atom stereocenters. The Balaban J connectivity index is 2.73. The van der Waals surface area contributed by atoms with Crippen LogP contribution in [-0.4, -0.2) is 75.9 Å². The minimum atomic E-state index is -1.30. The first kappa shape index (κ1) is 17.8. The zero-order valence-electron chi connectivity index (χ0n) is 11.7. The summed E-state index contributed by atoms with van der Waals surface area (Å²) in [5.74, 6) is -2.48. The van der Waals surface area contributed by atoms with Crippen molar-refractivity contribution in [2.45, 2.75) is 43.8 Å². The summed E-state index contributed by atoms with van der Waals surface area (Å²) in [6.45, 7) is 0.435. The molecule has 1 rings (SSSR count). The summed E-state index contributed by atoms with van der Waals surface area (Å²) in [6.07, 6.45) is -4.09. The van der Waals surface area contributed by atoms with E-state index in [1.807, 2.05) is 0 Å². The van der Waals surface area contributed by atoms with Gasteiger partial charge in [-0.3, -0.25) is 9.59 Å². The number of nitrogens with two attached hydrogens (primary N) is 1. The molecule has 122 valence electrons. The minimum Gasteiger partial charge on any atom is -0.394 e. The maximum atomic E-state index is 12.0. The van der Waals surface area contributed by atoms with E-state index in [0.29, 0.717) is 0 Å². The molecule has 0 spiro atoms. The number of primary amides is 1. The van der Waals surface area contributed by atoms with Crippen LogP contribution in [-0.2, 0) is 14.3 Å². The molecule has 21 heavy (non-hydrogen) atoms. The molecule has 0 radical (unpaired) electrons. The standard InChI is InChI=1S/C12H22N2O7/c1-5(12(20)14-7(4-16)11(13)19)10-9(18)8(17)2-6(3-15)21-10/h5-10,15-18H,2-4H2,1H3,(H2,13,19)(H,14,20). The molecular formula is C12H22N2O7. The van der Waals surface area contributed by atoms with E-state index in [1.165, 1.54) is 6.92 Å². The Bertz CT molecular complexity index is 379. The van der Waals surface area contributed by atoms with Gasteiger partial charge in [0, 0.05) is 6.42 Å². The van der Waals surface area contributed by atoms with Crippen molar-refractivity contribution in [3.63, 3.8) is 0 Å². The number of amides is 2. The Kier molecular flexibility index (Phi) is 6.49. The summed E-state index contributed by atoms with van der Waals surface area (Å²) in [7, 11) is 0. The average Bonchev–Trinajstić information content (AvgIpc) is 2.45. The van der Waals surface area contributed by atoms with Gasteiger partial charge in [-0.05, 0) is 0 Å². The Morgan fingerprint density at radius 2 is 2.00 bits per heavy atom. The molecule has 1 aliphatic rings. The third-order valence-electron chi connectivity index (χ3n) is 3.54. The maximum Gasteiger partial charge on any atom is 0.242 e. The largest absolute Gasteiger partial charge is 0.394 e. The number of carbonyl (C=O) groups is 2. The third-order valence-corrected chi connectivity index (χ3v) is 3.54. The smallest absolute Gasteiger partial charge is 0.242 e. The molecule has 9 heteroatoms. The second-order valence-electron chi connectivity index (χ2n) is 5.13. The van der Waals surface area contributed by atoms with Crippen LogP contribution in [0.1, 0.15) is 13.3 Å². The Labute approximate surface area is 121 Å². The van der Waals surface area contributed by atoms with Crippen molar-refractivity contribution < 1.29 is 34.8 Å². The average molecular weight is 306 g/mol. The molecule has 1 heterocycles. The van der Waals surface area contributed by atoms with Gasteiger partial charge in [0.1, 0.15) is 12.1 Å². The van der Waals surface area contributed by atoms with Gasteiger partial charge in [-0.1, -0.05) is 6.92 Å². The molecule has 0 aromatic heterocycles. The van der Waals surface area contributed by atoms with Crippen LogP contribution in [0.4, 0.5) is 0 Å². The van der Waals surface area contributed by atoms with Gasteiger partial charge in [0.25, 0.3) is 0 Å². The van der Waals surface area contributed by atoms with Gasteiger partial charge in [0.2, 0.25) is 11.8 Å². The number of aliphatic hydroxyl groups is 4. The van der Waals surface area contributed by atoms with Crippen LogP contribution in [0.2, 0.25) is 0 Å². The second-order valence-corrected chi connectivity index (χ2v) is 5.13. The number of aliphatic hydroxyl groups excluding tert-OH is 4. The molecule has 2 amide bonds. The molecule has 1 fully saturated rings. The van der Waals surface area contributed by atoms with Gasteiger partial charge >= 0.3 is 0 Å². The lowest BCUT2D eigenvalue weighted by atomic mass is 9.89. The van der Waals surface area contributed by atoms with Gasteiger partial charge in [-0.25, -0.2) is 0 Å². The summed E-state index contributed by atoms with van der Waals surface area (Å²) < 4.78 is 5.38. The third kappa shape index (κ3) is 4.35. The lowest BCUT2D eigenvalue weighted by Crippen LogP contribution is -2.56. The lowest BCUT2D eigenvalue weighted by molar-refractivity contribution is -0.193. The number of ether oxygens (including phenoxy) is 1. The first-order chi connectivity index (χ1) is 9.81. The highest BCUT2D eigenvalue weighted by Crippen LogP contribution is 2.25. The van der Waals surface area contributed by atoms with Gasteiger partial charge in [0.15, 0.2) is 0 Å². The fourth-order valence-corrected chi connectivity index (χ4v) is 2.18. The second kappa shape index (κ2) is 7.66. The molecule has 9 nitrogen and oxygen atoms in total. The van der Waals surface area contributed by atoms with E-state index in [1.54, 1.807) is 0 Å². The number of nitrogens with one attached hydrogen (secondary N) is 1. The number of rotatable bonds is 6. The van der Waals surface area contributed by atoms with Gasteiger partial charge in [0.05, 0.1) is 37.4 Å². The van der Waals surface area contributed by atoms with Crippen molar-refractivity contribution in [1.82, 2.24) is 5.32 Å². The van der Waals surface area contributed by atoms with Crippen LogP contribution < -0.4 is 11.1 Å². The summed E-state index contributed by atoms with van der Waals surface area (Å²) in [5, 5.41) is 39.9. The number of carbonyl (C=O) groups excluding carboxylic acids is 2. The first-order valence-electron chi connectivity index (χ1n) is 6.64. The zero-order chi connectivity index (χ0) is 16.2. The molecular weight excluding hydrogens is 284 g/mol. The van der Waals surface area contributed by atoms with Crippen LogP contribution in [0, 0.1) is 5.92 Å². The van der Waals surface area contributed by atoms with Gasteiger partial charge in [-0.15, -0.1) is 0 Å². The number of hydrogen-bond donors (Lipinski definition) is 6. The van der Waals surface area contributed by atoms with E-state index in [-0.39, 0.29) is 13.0 Å². The minimum absolute atomic E-state index is 0.0586. The quantitative estimate of drug-likeness (QED) is 0.296. The molecule has 6 atom stereocenters. The first-order valence-corrected chi connectivity index (χ1v) is 6.64. The van der Waals surface area contributed by atoms with Crippen molar-refractivity contribution in [3.05, 3.63) is 0 Å². The molecule has 0 aromatic carbocycles. The van der Waals surface area contributed by atoms with Crippen molar-refractivity contribution in [2.24, 2.45) is 11.7 Å². The van der Waals surface area contributed by atoms with E-state index < -0.39 is 54.8 Å². The SMILES string of the molecule is CC(C(=O)NC(CO)C(N)=O)C1OC(CO)CC(O)C1O. The summed E-state index contributed by atoms with van der Waals surface area (Å²) in [6, 6.07) is -1.24. The Hall–Kier alpha value is -1.26. The van der Waals surface area contributed by atoms with E-state index in [0.717, 1.165) is 0 Å². The highest BCUT2D eigenvalue weighted by molar-refractivity contribution is 5.87. The van der Waals surface area contributed by atoms with Crippen molar-refractivity contribution in [3.8, 4) is 0 Å². The van der Waals surface area contributed by atoms with Crippen LogP contribution in [0.5, 0.6) is 0 Å². The molecule has 0 aromatic rings. The Morgan fingerprint density at radius 3 is 2.48 bits per heavy atom. The van der Waals surface area contributed by atoms with Crippen molar-refractivity contribution >= 4 is 11.8 Å². The molecule has 1 aliphatic heterocycles. The van der Waals surface area contributed by atoms with E-state index in [4.69, 9.17) is 20.7 Å². The van der Waals surface area contributed by atoms with Crippen LogP contribution in [0.25, 0.3) is 0 Å². The lowest BCUT2D eigenvalue weighted by Gasteiger charge is -2.39. The molecule has 7 N–H and O–H groups in total. The van der Waals surface area contributed by atoms with Gasteiger partial charge in [-0.2, -0.15) is 0 Å².